The summed E-state index contributed by atoms with van der Waals surface area (Å²) in [5.74, 6) is 0. The van der Waals surface area contributed by atoms with Gasteiger partial charge in [0, 0.05) is 16.5 Å². The summed E-state index contributed by atoms with van der Waals surface area (Å²) in [4.78, 5) is 0. The Balaban J connectivity index is -0.0000000800. The van der Waals surface area contributed by atoms with Gasteiger partial charge >= 0.3 is 33.5 Å². The average molecular weight is 183 g/mol. The van der Waals surface area contributed by atoms with E-state index in [0.717, 1.165) is 0 Å². The zero-order chi connectivity index (χ0) is 4.50. The van der Waals surface area contributed by atoms with Gasteiger partial charge in [-0.25, -0.2) is 0 Å². The fourth-order valence-corrected chi connectivity index (χ4v) is 0. The Bertz CT molecular complexity index is 94.9. The van der Waals surface area contributed by atoms with Gasteiger partial charge in [-0.15, -0.1) is 0 Å². The van der Waals surface area contributed by atoms with Crippen LogP contribution in [-0.2, 0) is 26.9 Å². The topological polar surface area (TPSA) is 74.6 Å². The Morgan fingerprint density at radius 2 is 1.14 bits per heavy atom. The molecule has 0 heterocycles. The summed E-state index contributed by atoms with van der Waals surface area (Å²) in [6.45, 7) is 0. The third kappa shape index (κ3) is 147. The molecule has 0 bridgehead atoms. The largest absolute Gasteiger partial charge is 0.394 e. The van der Waals surface area contributed by atoms with Crippen LogP contribution in [0.15, 0.2) is 0 Å². The molecule has 0 aromatic rings. The van der Waals surface area contributed by atoms with Crippen molar-refractivity contribution in [3.63, 3.8) is 0 Å². The summed E-state index contributed by atoms with van der Waals surface area (Å²) in [6.07, 6.45) is 0. The zero-order valence-corrected chi connectivity index (χ0v) is 4.24. The van der Waals surface area contributed by atoms with Crippen molar-refractivity contribution < 1.29 is 34.0 Å². The molecule has 46 valence electrons. The van der Waals surface area contributed by atoms with E-state index in [9.17, 15) is 0 Å². The molecular weight excluding hydrogens is 179 g/mol. The fraction of sp³-hybridized carbons (Fsp3) is 0. The Labute approximate surface area is 67.3 Å². The van der Waals surface area contributed by atoms with E-state index in [1.54, 1.807) is 0 Å². The molecule has 0 atom stereocenters. The molecule has 0 unspecified atom stereocenters. The van der Waals surface area contributed by atoms with Gasteiger partial charge in [-0.05, 0) is 0 Å². The van der Waals surface area contributed by atoms with Crippen molar-refractivity contribution in [1.82, 2.24) is 0 Å². The van der Waals surface area contributed by atoms with Gasteiger partial charge in [0.2, 0.25) is 0 Å². The SMILES string of the molecule is O=S(=O)(O)O.[MgH2].[Ni]. The maximum atomic E-state index is 8.74. The van der Waals surface area contributed by atoms with E-state index in [4.69, 9.17) is 17.5 Å². The molecule has 0 amide bonds. The molecule has 0 spiro atoms. The zero-order valence-electron chi connectivity index (χ0n) is 2.44. The second-order valence-electron chi connectivity index (χ2n) is 0.448. The molecule has 0 aromatic heterocycles. The summed E-state index contributed by atoms with van der Waals surface area (Å²) in [5, 5.41) is 0. The van der Waals surface area contributed by atoms with Gasteiger partial charge in [-0.2, -0.15) is 8.42 Å². The first-order valence-corrected chi connectivity index (χ1v) is 2.10. The Morgan fingerprint density at radius 1 is 1.14 bits per heavy atom. The first kappa shape index (κ1) is 15.7. The van der Waals surface area contributed by atoms with Crippen LogP contribution in [0.5, 0.6) is 0 Å². The standard InChI is InChI=1S/Mg.Ni.H2O4S.2H/c;;1-5(2,3)4;;/h;;(H2,1,2,3,4);;. The molecule has 0 aliphatic rings. The molecule has 0 fully saturated rings. The van der Waals surface area contributed by atoms with Crippen LogP contribution in [0, 0.1) is 0 Å². The van der Waals surface area contributed by atoms with E-state index in [1.807, 2.05) is 0 Å². The quantitative estimate of drug-likeness (QED) is 0.351. The van der Waals surface area contributed by atoms with E-state index in [2.05, 4.69) is 0 Å². The van der Waals surface area contributed by atoms with Crippen molar-refractivity contribution in [2.75, 3.05) is 0 Å². The fourth-order valence-electron chi connectivity index (χ4n) is 0. The summed E-state index contributed by atoms with van der Waals surface area (Å²) < 4.78 is 31.6. The van der Waals surface area contributed by atoms with E-state index in [-0.39, 0.29) is 39.5 Å². The number of hydrogen-bond donors (Lipinski definition) is 2. The first-order valence-electron chi connectivity index (χ1n) is 0.698. The van der Waals surface area contributed by atoms with Gasteiger partial charge in [-0.1, -0.05) is 0 Å². The predicted octanol–water partition coefficient (Wildman–Crippen LogP) is -1.57. The molecule has 7 heteroatoms. The van der Waals surface area contributed by atoms with Crippen LogP contribution in [-0.4, -0.2) is 40.6 Å². The third-order valence-electron chi connectivity index (χ3n) is 0. The van der Waals surface area contributed by atoms with Crippen LogP contribution in [0.4, 0.5) is 0 Å². The molecule has 0 radical (unpaired) electrons. The molecule has 4 nitrogen and oxygen atoms in total. The summed E-state index contributed by atoms with van der Waals surface area (Å²) in [6, 6.07) is 0. The van der Waals surface area contributed by atoms with Crippen LogP contribution >= 0.6 is 0 Å². The molecule has 2 N–H and O–H groups in total. The minimum Gasteiger partial charge on any atom is -0.264 e. The summed E-state index contributed by atoms with van der Waals surface area (Å²) in [7, 11) is -4.67. The monoisotopic (exact) mass is 182 g/mol. The van der Waals surface area contributed by atoms with E-state index < -0.39 is 10.4 Å². The maximum absolute atomic E-state index is 8.74. The van der Waals surface area contributed by atoms with E-state index in [0.29, 0.717) is 0 Å². The van der Waals surface area contributed by atoms with Crippen molar-refractivity contribution >= 4 is 33.5 Å². The maximum Gasteiger partial charge on any atom is 0.394 e. The summed E-state index contributed by atoms with van der Waals surface area (Å²) >= 11 is 0. The molecular formula is H4MgNiO4S. The normalized spacial score (nSPS) is 8.29. The van der Waals surface area contributed by atoms with Crippen molar-refractivity contribution in [3.05, 3.63) is 0 Å². The number of rotatable bonds is 0. The van der Waals surface area contributed by atoms with Crippen molar-refractivity contribution in [1.29, 1.82) is 0 Å². The van der Waals surface area contributed by atoms with Gasteiger partial charge in [0.1, 0.15) is 0 Å². The summed E-state index contributed by atoms with van der Waals surface area (Å²) in [5.41, 5.74) is 0. The van der Waals surface area contributed by atoms with Gasteiger partial charge in [-0.3, -0.25) is 9.11 Å². The van der Waals surface area contributed by atoms with Gasteiger partial charge in [0.15, 0.2) is 0 Å². The molecule has 0 aromatic carbocycles. The molecule has 0 saturated heterocycles. The predicted molar refractivity (Wildman–Crippen MR) is 22.7 cm³/mol. The van der Waals surface area contributed by atoms with E-state index >= 15 is 0 Å². The first-order chi connectivity index (χ1) is 2.00. The molecule has 7 heavy (non-hydrogen) atoms. The minimum atomic E-state index is -4.67. The third-order valence-corrected chi connectivity index (χ3v) is 0. The second kappa shape index (κ2) is 5.27. The molecule has 0 saturated carbocycles. The molecule has 0 rings (SSSR count). The second-order valence-corrected chi connectivity index (χ2v) is 1.34. The molecule has 0 aliphatic carbocycles. The van der Waals surface area contributed by atoms with Crippen molar-refractivity contribution in [3.8, 4) is 0 Å². The Kier molecular flexibility index (Phi) is 11.8. The van der Waals surface area contributed by atoms with Crippen LogP contribution in [0.25, 0.3) is 0 Å². The van der Waals surface area contributed by atoms with Gasteiger partial charge < -0.3 is 0 Å². The minimum absolute atomic E-state index is 0. The molecule has 0 aliphatic heterocycles. The van der Waals surface area contributed by atoms with Crippen molar-refractivity contribution in [2.24, 2.45) is 0 Å². The van der Waals surface area contributed by atoms with Crippen LogP contribution in [0.2, 0.25) is 0 Å². The number of hydrogen-bond acceptors (Lipinski definition) is 2. The average Bonchev–Trinajstić information content (AvgIpc) is 0.722. The van der Waals surface area contributed by atoms with Gasteiger partial charge in [0.25, 0.3) is 0 Å². The Morgan fingerprint density at radius 3 is 1.14 bits per heavy atom. The van der Waals surface area contributed by atoms with Gasteiger partial charge in [0.05, 0.1) is 0 Å². The van der Waals surface area contributed by atoms with Crippen LogP contribution < -0.4 is 0 Å². The Hall–Kier alpha value is 1.13. The van der Waals surface area contributed by atoms with Crippen LogP contribution in [0.1, 0.15) is 0 Å². The van der Waals surface area contributed by atoms with E-state index in [1.165, 1.54) is 0 Å². The van der Waals surface area contributed by atoms with Crippen molar-refractivity contribution in [2.45, 2.75) is 0 Å². The van der Waals surface area contributed by atoms with Crippen LogP contribution in [0.3, 0.4) is 0 Å². The smallest absolute Gasteiger partial charge is 0.264 e.